The van der Waals surface area contributed by atoms with Gasteiger partial charge in [0.05, 0.1) is 6.07 Å². The van der Waals surface area contributed by atoms with Crippen molar-refractivity contribution in [2.75, 3.05) is 13.7 Å². The lowest BCUT2D eigenvalue weighted by molar-refractivity contribution is -0.139. The summed E-state index contributed by atoms with van der Waals surface area (Å²) < 4.78 is 5.52. The molecule has 0 spiro atoms. The first kappa shape index (κ1) is 25.1. The largest absolute Gasteiger partial charge is 0.371 e. The Balaban J connectivity index is 2.05. The highest BCUT2D eigenvalue weighted by atomic mass is 16.5. The van der Waals surface area contributed by atoms with Crippen LogP contribution in [0.4, 0.5) is 0 Å². The topological polar surface area (TPSA) is 120 Å². The molecule has 0 aromatic carbocycles. The molecule has 0 radical (unpaired) electrons. The molecule has 0 aromatic rings. The highest BCUT2D eigenvalue weighted by Crippen LogP contribution is 2.28. The zero-order valence-electron chi connectivity index (χ0n) is 19.3. The van der Waals surface area contributed by atoms with Crippen molar-refractivity contribution in [2.24, 2.45) is 17.3 Å². The van der Waals surface area contributed by atoms with Crippen LogP contribution < -0.4 is 16.0 Å². The average Bonchev–Trinajstić information content (AvgIpc) is 3.11. The number of amides is 3. The number of rotatable bonds is 9. The van der Waals surface area contributed by atoms with E-state index in [2.05, 4.69) is 22.0 Å². The molecule has 2 aliphatic rings. The van der Waals surface area contributed by atoms with Gasteiger partial charge in [-0.2, -0.15) is 5.26 Å². The Morgan fingerprint density at radius 2 is 1.84 bits per heavy atom. The van der Waals surface area contributed by atoms with E-state index in [4.69, 9.17) is 4.74 Å². The van der Waals surface area contributed by atoms with E-state index in [1.165, 1.54) is 13.5 Å². The molecule has 1 saturated carbocycles. The summed E-state index contributed by atoms with van der Waals surface area (Å²) in [4.78, 5) is 37.9. The van der Waals surface area contributed by atoms with E-state index in [0.717, 1.165) is 25.7 Å². The number of methoxy groups -OCH3 is 1. The van der Waals surface area contributed by atoms with E-state index in [1.54, 1.807) is 0 Å². The molecule has 8 heteroatoms. The molecule has 0 aromatic heterocycles. The van der Waals surface area contributed by atoms with Gasteiger partial charge in [-0.15, -0.1) is 0 Å². The van der Waals surface area contributed by atoms with Crippen LogP contribution in [0, 0.1) is 28.6 Å². The molecule has 1 aliphatic heterocycles. The van der Waals surface area contributed by atoms with Crippen molar-refractivity contribution in [3.8, 4) is 6.07 Å². The van der Waals surface area contributed by atoms with Crippen LogP contribution in [0.2, 0.25) is 0 Å². The maximum Gasteiger partial charge on any atom is 0.250 e. The second-order valence-corrected chi connectivity index (χ2v) is 10.1. The summed E-state index contributed by atoms with van der Waals surface area (Å²) in [5.74, 6) is -0.867. The lowest BCUT2D eigenvalue weighted by Crippen LogP contribution is -2.54. The fourth-order valence-electron chi connectivity index (χ4n) is 4.60. The van der Waals surface area contributed by atoms with Gasteiger partial charge in [0, 0.05) is 19.6 Å². The Hall–Kier alpha value is -2.14. The molecular formula is C23H38N4O4. The molecule has 1 heterocycles. The van der Waals surface area contributed by atoms with Gasteiger partial charge in [-0.1, -0.05) is 40.0 Å². The van der Waals surface area contributed by atoms with Gasteiger partial charge in [-0.3, -0.25) is 14.4 Å². The fourth-order valence-corrected chi connectivity index (χ4v) is 4.60. The second kappa shape index (κ2) is 11.5. The molecule has 1 aliphatic carbocycles. The molecule has 3 N–H and O–H groups in total. The van der Waals surface area contributed by atoms with Crippen LogP contribution in [0.3, 0.4) is 0 Å². The molecule has 3 amide bonds. The van der Waals surface area contributed by atoms with Crippen LogP contribution in [0.25, 0.3) is 0 Å². The number of nitrogens with one attached hydrogen (secondary N) is 3. The monoisotopic (exact) mass is 434 g/mol. The van der Waals surface area contributed by atoms with Gasteiger partial charge >= 0.3 is 0 Å². The number of carbonyl (C=O) groups excluding carboxylic acids is 3. The molecule has 1 unspecified atom stereocenters. The molecule has 2 rings (SSSR count). The molecule has 4 atom stereocenters. The summed E-state index contributed by atoms with van der Waals surface area (Å²) in [6, 6.07) is 0.532. The zero-order valence-corrected chi connectivity index (χ0v) is 19.3. The Labute approximate surface area is 185 Å². The van der Waals surface area contributed by atoms with Crippen molar-refractivity contribution in [1.29, 1.82) is 5.26 Å². The fraction of sp³-hybridized carbons (Fsp3) is 0.826. The van der Waals surface area contributed by atoms with Crippen molar-refractivity contribution >= 4 is 17.7 Å². The summed E-state index contributed by atoms with van der Waals surface area (Å²) >= 11 is 0. The number of hydrogen-bond acceptors (Lipinski definition) is 5. The van der Waals surface area contributed by atoms with Gasteiger partial charge in [0.25, 0.3) is 0 Å². The maximum absolute atomic E-state index is 13.0. The summed E-state index contributed by atoms with van der Waals surface area (Å²) in [6.07, 6.45) is 6.02. The number of ether oxygens (including phenoxy) is 1. The highest BCUT2D eigenvalue weighted by Gasteiger charge is 2.35. The molecule has 174 valence electrons. The van der Waals surface area contributed by atoms with Crippen LogP contribution in [-0.2, 0) is 19.1 Å². The summed E-state index contributed by atoms with van der Waals surface area (Å²) in [5.41, 5.74) is -0.212. The lowest BCUT2D eigenvalue weighted by Gasteiger charge is -2.31. The van der Waals surface area contributed by atoms with E-state index in [1.807, 2.05) is 20.8 Å². The van der Waals surface area contributed by atoms with Gasteiger partial charge in [0.2, 0.25) is 17.7 Å². The first-order valence-corrected chi connectivity index (χ1v) is 11.5. The summed E-state index contributed by atoms with van der Waals surface area (Å²) in [5, 5.41) is 17.9. The normalized spacial score (nSPS) is 22.7. The van der Waals surface area contributed by atoms with Crippen LogP contribution in [-0.4, -0.2) is 49.6 Å². The molecule has 31 heavy (non-hydrogen) atoms. The van der Waals surface area contributed by atoms with E-state index in [-0.39, 0.29) is 35.5 Å². The van der Waals surface area contributed by atoms with Crippen LogP contribution in [0.15, 0.2) is 0 Å². The van der Waals surface area contributed by atoms with Crippen LogP contribution >= 0.6 is 0 Å². The predicted octanol–water partition coefficient (Wildman–Crippen LogP) is 2.04. The van der Waals surface area contributed by atoms with Crippen LogP contribution in [0.1, 0.15) is 72.1 Å². The third-order valence-electron chi connectivity index (χ3n) is 6.20. The summed E-state index contributed by atoms with van der Waals surface area (Å²) in [6.45, 7) is 6.59. The van der Waals surface area contributed by atoms with Crippen molar-refractivity contribution in [2.45, 2.75) is 90.3 Å². The van der Waals surface area contributed by atoms with E-state index in [9.17, 15) is 19.6 Å². The summed E-state index contributed by atoms with van der Waals surface area (Å²) in [7, 11) is 1.54. The van der Waals surface area contributed by atoms with E-state index >= 15 is 0 Å². The third kappa shape index (κ3) is 7.80. The van der Waals surface area contributed by atoms with E-state index in [0.29, 0.717) is 19.4 Å². The smallest absolute Gasteiger partial charge is 0.250 e. The number of nitriles is 1. The van der Waals surface area contributed by atoms with Crippen molar-refractivity contribution < 1.29 is 19.1 Å². The molecular weight excluding hydrogens is 396 g/mol. The Bertz CT molecular complexity index is 676. The van der Waals surface area contributed by atoms with Gasteiger partial charge in [0.1, 0.15) is 18.2 Å². The van der Waals surface area contributed by atoms with Gasteiger partial charge in [-0.25, -0.2) is 0 Å². The third-order valence-corrected chi connectivity index (χ3v) is 6.20. The molecule has 2 fully saturated rings. The highest BCUT2D eigenvalue weighted by molar-refractivity contribution is 5.90. The van der Waals surface area contributed by atoms with Crippen molar-refractivity contribution in [1.82, 2.24) is 16.0 Å². The van der Waals surface area contributed by atoms with Gasteiger partial charge in [0.15, 0.2) is 0 Å². The minimum Gasteiger partial charge on any atom is -0.371 e. The minimum absolute atomic E-state index is 0.0792. The maximum atomic E-state index is 13.0. The second-order valence-electron chi connectivity index (χ2n) is 10.1. The molecule has 0 bridgehead atoms. The SMILES string of the molecule is COC(C(=O)N[C@@H](CC(C)(C)C)C(=O)N[C@@H](C#N)C[C@@H]1CCNC1=O)C1CCCCC1. The minimum atomic E-state index is -0.780. The quantitative estimate of drug-likeness (QED) is 0.513. The number of carbonyl (C=O) groups is 3. The first-order valence-electron chi connectivity index (χ1n) is 11.5. The Morgan fingerprint density at radius 1 is 1.16 bits per heavy atom. The van der Waals surface area contributed by atoms with Crippen LogP contribution in [0.5, 0.6) is 0 Å². The number of hydrogen-bond donors (Lipinski definition) is 3. The average molecular weight is 435 g/mol. The van der Waals surface area contributed by atoms with Gasteiger partial charge in [-0.05, 0) is 43.4 Å². The lowest BCUT2D eigenvalue weighted by atomic mass is 9.84. The molecule has 8 nitrogen and oxygen atoms in total. The van der Waals surface area contributed by atoms with Gasteiger partial charge < -0.3 is 20.7 Å². The first-order chi connectivity index (χ1) is 14.6. The van der Waals surface area contributed by atoms with Crippen molar-refractivity contribution in [3.63, 3.8) is 0 Å². The van der Waals surface area contributed by atoms with E-state index < -0.39 is 24.1 Å². The molecule has 1 saturated heterocycles. The van der Waals surface area contributed by atoms with Crippen molar-refractivity contribution in [3.05, 3.63) is 0 Å². The number of nitrogens with zero attached hydrogens (tertiary/aromatic N) is 1. The Morgan fingerprint density at radius 3 is 2.35 bits per heavy atom. The standard InChI is InChI=1S/C23H38N4O4/c1-23(2,3)13-18(27-22(30)19(31-4)15-8-6-5-7-9-15)21(29)26-17(14-24)12-16-10-11-25-20(16)28/h15-19H,5-13H2,1-4H3,(H,25,28)(H,26,29)(H,27,30)/t16-,17+,18-,19?/m0/s1. The zero-order chi connectivity index (χ0) is 23.0. The Kier molecular flexibility index (Phi) is 9.30. The predicted molar refractivity (Wildman–Crippen MR) is 117 cm³/mol.